The molecule has 200 valence electrons. The number of hydrogen-bond acceptors (Lipinski definition) is 7. The number of ether oxygens (including phenoxy) is 1. The van der Waals surface area contributed by atoms with Gasteiger partial charge in [-0.1, -0.05) is 36.8 Å². The van der Waals surface area contributed by atoms with Crippen molar-refractivity contribution in [2.75, 3.05) is 6.54 Å². The van der Waals surface area contributed by atoms with E-state index in [4.69, 9.17) is 10.5 Å². The number of carbonyl (C=O) groups excluding carboxylic acids is 4. The molecule has 0 spiro atoms. The minimum absolute atomic E-state index is 0.0657. The van der Waals surface area contributed by atoms with Gasteiger partial charge in [0.05, 0.1) is 4.90 Å². The molecule has 0 aromatic heterocycles. The third-order valence-electron chi connectivity index (χ3n) is 7.12. The van der Waals surface area contributed by atoms with Crippen LogP contribution in [0, 0.1) is 5.92 Å². The van der Waals surface area contributed by atoms with E-state index in [-0.39, 0.29) is 17.2 Å². The minimum atomic E-state index is -4.15. The summed E-state index contributed by atoms with van der Waals surface area (Å²) in [5, 5.41) is 2.77. The van der Waals surface area contributed by atoms with E-state index < -0.39 is 51.5 Å². The van der Waals surface area contributed by atoms with Crippen LogP contribution in [0.1, 0.15) is 51.4 Å². The predicted molar refractivity (Wildman–Crippen MR) is 132 cm³/mol. The van der Waals surface area contributed by atoms with Crippen molar-refractivity contribution in [3.8, 4) is 0 Å². The second-order valence-electron chi connectivity index (χ2n) is 9.70. The normalized spacial score (nSPS) is 29.5. The average molecular weight is 533 g/mol. The molecule has 2 fully saturated rings. The zero-order valence-corrected chi connectivity index (χ0v) is 21.2. The summed E-state index contributed by atoms with van der Waals surface area (Å²) < 4.78 is 32.8. The van der Waals surface area contributed by atoms with Gasteiger partial charge in [0.15, 0.2) is 6.10 Å². The molecule has 4 rings (SSSR count). The Morgan fingerprint density at radius 2 is 1.84 bits per heavy atom. The van der Waals surface area contributed by atoms with E-state index in [2.05, 4.69) is 10.0 Å². The number of nitrogens with one attached hydrogen (secondary N) is 2. The molecule has 2 aliphatic heterocycles. The summed E-state index contributed by atoms with van der Waals surface area (Å²) in [5.74, 6) is -2.26. The van der Waals surface area contributed by atoms with E-state index in [1.807, 2.05) is 12.2 Å². The third kappa shape index (κ3) is 5.95. The molecule has 1 saturated carbocycles. The summed E-state index contributed by atoms with van der Waals surface area (Å²) in [7, 11) is -4.15. The number of allylic oxidation sites excluding steroid dienone is 1. The maximum atomic E-state index is 13.4. The first-order valence-corrected chi connectivity index (χ1v) is 14.0. The number of nitrogens with zero attached hydrogens (tertiary/aromatic N) is 1. The molecule has 2 heterocycles. The minimum Gasteiger partial charge on any atom is -0.436 e. The van der Waals surface area contributed by atoms with Crippen molar-refractivity contribution in [1.29, 1.82) is 0 Å². The zero-order valence-electron chi connectivity index (χ0n) is 20.4. The standard InChI is InChI=1S/C25H32N4O7S/c26-24(33)36-20-14-8-3-1-2-5-10-17-16-25(17,27-21(30)19-13-9-15-29(19)22(20)31)23(32)28-37(34,35)18-11-6-4-7-12-18/h4-7,10-12,17,19-20H,1-3,8-9,13-16H2,(H2,26,33)(H,27,30)(H,28,32)/b10-5-. The lowest BCUT2D eigenvalue weighted by atomic mass is 10.1. The van der Waals surface area contributed by atoms with Crippen molar-refractivity contribution >= 4 is 33.8 Å². The van der Waals surface area contributed by atoms with Crippen LogP contribution in [0.3, 0.4) is 0 Å². The SMILES string of the molecule is NC(=O)OC1CCCCC/C=C\C2CC2(C(=O)NS(=O)(=O)c2ccccc2)NC(=O)C2CCCN2C1=O. The Labute approximate surface area is 215 Å². The molecule has 1 saturated heterocycles. The molecule has 1 aromatic carbocycles. The number of hydrogen-bond donors (Lipinski definition) is 3. The van der Waals surface area contributed by atoms with Crippen molar-refractivity contribution < 1.29 is 32.3 Å². The van der Waals surface area contributed by atoms with E-state index in [0.29, 0.717) is 38.6 Å². The van der Waals surface area contributed by atoms with Crippen LogP contribution < -0.4 is 15.8 Å². The summed E-state index contributed by atoms with van der Waals surface area (Å²) >= 11 is 0. The van der Waals surface area contributed by atoms with E-state index in [1.165, 1.54) is 17.0 Å². The fraction of sp³-hybridized carbons (Fsp3) is 0.520. The van der Waals surface area contributed by atoms with Crippen molar-refractivity contribution in [3.63, 3.8) is 0 Å². The number of benzene rings is 1. The van der Waals surface area contributed by atoms with Crippen LogP contribution >= 0.6 is 0 Å². The molecule has 4 amide bonds. The van der Waals surface area contributed by atoms with Crippen LogP contribution in [-0.4, -0.2) is 61.4 Å². The fourth-order valence-electron chi connectivity index (χ4n) is 5.05. The van der Waals surface area contributed by atoms with Gasteiger partial charge in [-0.05, 0) is 57.1 Å². The second kappa shape index (κ2) is 10.9. The smallest absolute Gasteiger partial charge is 0.405 e. The van der Waals surface area contributed by atoms with Crippen molar-refractivity contribution in [3.05, 3.63) is 42.5 Å². The topological polar surface area (TPSA) is 165 Å². The molecule has 12 heteroatoms. The highest BCUT2D eigenvalue weighted by atomic mass is 32.2. The number of amides is 4. The van der Waals surface area contributed by atoms with Crippen LogP contribution in [0.25, 0.3) is 0 Å². The lowest BCUT2D eigenvalue weighted by Gasteiger charge is -2.29. The van der Waals surface area contributed by atoms with E-state index in [0.717, 1.165) is 12.8 Å². The van der Waals surface area contributed by atoms with Gasteiger partial charge in [-0.15, -0.1) is 0 Å². The van der Waals surface area contributed by atoms with Gasteiger partial charge in [-0.2, -0.15) is 0 Å². The Kier molecular flexibility index (Phi) is 7.86. The van der Waals surface area contributed by atoms with Gasteiger partial charge in [0.25, 0.3) is 21.8 Å². The molecule has 37 heavy (non-hydrogen) atoms. The largest absolute Gasteiger partial charge is 0.436 e. The monoisotopic (exact) mass is 532 g/mol. The van der Waals surface area contributed by atoms with E-state index in [9.17, 15) is 27.6 Å². The summed E-state index contributed by atoms with van der Waals surface area (Å²) in [5.41, 5.74) is 3.74. The Morgan fingerprint density at radius 1 is 1.08 bits per heavy atom. The van der Waals surface area contributed by atoms with Crippen LogP contribution in [0.4, 0.5) is 4.79 Å². The molecular formula is C25H32N4O7S. The predicted octanol–water partition coefficient (Wildman–Crippen LogP) is 1.34. The third-order valence-corrected chi connectivity index (χ3v) is 8.47. The fourth-order valence-corrected chi connectivity index (χ4v) is 6.11. The van der Waals surface area contributed by atoms with Gasteiger partial charge < -0.3 is 20.7 Å². The summed E-state index contributed by atoms with van der Waals surface area (Å²) in [6.45, 7) is 0.292. The van der Waals surface area contributed by atoms with Crippen molar-refractivity contribution in [1.82, 2.24) is 14.9 Å². The Hall–Kier alpha value is -3.41. The van der Waals surface area contributed by atoms with Gasteiger partial charge in [0.2, 0.25) is 5.91 Å². The molecule has 1 aliphatic carbocycles. The number of rotatable bonds is 4. The lowest BCUT2D eigenvalue weighted by Crippen LogP contribution is -2.57. The Morgan fingerprint density at radius 3 is 2.57 bits per heavy atom. The van der Waals surface area contributed by atoms with E-state index in [1.54, 1.807) is 18.2 Å². The Bertz CT molecular complexity index is 1190. The van der Waals surface area contributed by atoms with Crippen molar-refractivity contribution in [2.45, 2.75) is 73.9 Å². The van der Waals surface area contributed by atoms with Gasteiger partial charge in [-0.3, -0.25) is 14.4 Å². The van der Waals surface area contributed by atoms with Crippen LogP contribution in [0.2, 0.25) is 0 Å². The summed E-state index contributed by atoms with van der Waals surface area (Å²) in [6, 6.07) is 6.63. The number of nitrogens with two attached hydrogens (primary N) is 1. The molecule has 4 atom stereocenters. The highest BCUT2D eigenvalue weighted by Crippen LogP contribution is 2.45. The van der Waals surface area contributed by atoms with Crippen LogP contribution in [-0.2, 0) is 29.1 Å². The second-order valence-corrected chi connectivity index (χ2v) is 11.4. The summed E-state index contributed by atoms with van der Waals surface area (Å²) in [4.78, 5) is 52.7. The number of sulfonamides is 1. The molecular weight excluding hydrogens is 500 g/mol. The van der Waals surface area contributed by atoms with Gasteiger partial charge >= 0.3 is 6.09 Å². The highest BCUT2D eigenvalue weighted by molar-refractivity contribution is 7.90. The maximum Gasteiger partial charge on any atom is 0.405 e. The molecule has 1 aromatic rings. The number of primary amides is 1. The molecule has 4 unspecified atom stereocenters. The van der Waals surface area contributed by atoms with Crippen molar-refractivity contribution in [2.24, 2.45) is 11.7 Å². The number of carbonyl (C=O) groups is 4. The summed E-state index contributed by atoms with van der Waals surface area (Å²) in [6.07, 6.45) is 5.98. The van der Waals surface area contributed by atoms with E-state index >= 15 is 0 Å². The molecule has 0 bridgehead atoms. The molecule has 4 N–H and O–H groups in total. The highest BCUT2D eigenvalue weighted by Gasteiger charge is 2.61. The van der Waals surface area contributed by atoms with Crippen LogP contribution in [0.5, 0.6) is 0 Å². The first-order valence-electron chi connectivity index (χ1n) is 12.5. The number of fused-ring (bicyclic) bond motifs is 2. The lowest BCUT2D eigenvalue weighted by molar-refractivity contribution is -0.146. The van der Waals surface area contributed by atoms with Gasteiger partial charge in [0, 0.05) is 12.5 Å². The molecule has 3 aliphatic rings. The maximum absolute atomic E-state index is 13.4. The quantitative estimate of drug-likeness (QED) is 0.492. The Balaban J connectivity index is 1.58. The van der Waals surface area contributed by atoms with Gasteiger partial charge in [-0.25, -0.2) is 17.9 Å². The molecule has 11 nitrogen and oxygen atoms in total. The first-order chi connectivity index (χ1) is 17.6. The van der Waals surface area contributed by atoms with Gasteiger partial charge in [0.1, 0.15) is 11.6 Å². The first kappa shape index (κ1) is 26.6. The molecule has 0 radical (unpaired) electrons. The van der Waals surface area contributed by atoms with Crippen LogP contribution in [0.15, 0.2) is 47.4 Å². The average Bonchev–Trinajstić information content (AvgIpc) is 3.32. The zero-order chi connectivity index (χ0) is 26.6.